The Morgan fingerprint density at radius 1 is 1.19 bits per heavy atom. The average molecular weight is 399 g/mol. The van der Waals surface area contributed by atoms with Crippen LogP contribution in [0.15, 0.2) is 24.3 Å². The molecule has 1 atom stereocenters. The molecule has 1 aromatic rings. The fourth-order valence-corrected chi connectivity index (χ4v) is 5.25. The summed E-state index contributed by atoms with van der Waals surface area (Å²) in [7, 11) is -3.65. The van der Waals surface area contributed by atoms with Crippen molar-refractivity contribution in [3.05, 3.63) is 35.6 Å². The van der Waals surface area contributed by atoms with E-state index in [1.807, 2.05) is 0 Å². The van der Waals surface area contributed by atoms with Gasteiger partial charge in [-0.25, -0.2) is 4.39 Å². The van der Waals surface area contributed by atoms with Crippen molar-refractivity contribution < 1.29 is 22.7 Å². The third-order valence-corrected chi connectivity index (χ3v) is 6.99. The maximum Gasteiger partial charge on any atom is 0.306 e. The Morgan fingerprint density at radius 2 is 1.89 bits per heavy atom. The van der Waals surface area contributed by atoms with Crippen LogP contribution in [0.3, 0.4) is 0 Å². The highest BCUT2D eigenvalue weighted by molar-refractivity contribution is 7.87. The molecule has 3 rings (SSSR count). The molecule has 0 unspecified atom stereocenters. The summed E-state index contributed by atoms with van der Waals surface area (Å²) in [5, 5.41) is 9.04. The lowest BCUT2D eigenvalue weighted by Crippen LogP contribution is -2.53. The summed E-state index contributed by atoms with van der Waals surface area (Å²) in [6.45, 7) is 2.22. The second-order valence-electron chi connectivity index (χ2n) is 7.30. The molecule has 0 radical (unpaired) electrons. The van der Waals surface area contributed by atoms with Crippen molar-refractivity contribution in [2.45, 2.75) is 38.3 Å². The monoisotopic (exact) mass is 399 g/mol. The number of rotatable bonds is 6. The van der Waals surface area contributed by atoms with Gasteiger partial charge in [-0.05, 0) is 38.3 Å². The fraction of sp³-hybridized carbons (Fsp3) is 0.611. The Labute approximate surface area is 159 Å². The largest absolute Gasteiger partial charge is 0.481 e. The smallest absolute Gasteiger partial charge is 0.306 e. The molecule has 2 N–H and O–H groups in total. The number of nitrogens with one attached hydrogen (secondary N) is 1. The topological polar surface area (TPSA) is 90.0 Å². The number of likely N-dealkylation sites (tertiary alicyclic amines) is 1. The van der Waals surface area contributed by atoms with E-state index in [2.05, 4.69) is 9.62 Å². The predicted molar refractivity (Wildman–Crippen MR) is 98.7 cm³/mol. The molecule has 7 nitrogen and oxygen atoms in total. The van der Waals surface area contributed by atoms with E-state index in [1.165, 1.54) is 10.4 Å². The molecule has 2 aliphatic heterocycles. The van der Waals surface area contributed by atoms with E-state index in [0.29, 0.717) is 31.5 Å². The van der Waals surface area contributed by atoms with Gasteiger partial charge in [0.2, 0.25) is 0 Å². The molecule has 0 saturated carbocycles. The zero-order chi connectivity index (χ0) is 19.4. The van der Waals surface area contributed by atoms with Gasteiger partial charge in [0.15, 0.2) is 0 Å². The zero-order valence-corrected chi connectivity index (χ0v) is 16.0. The Morgan fingerprint density at radius 3 is 2.56 bits per heavy atom. The molecular weight excluding hydrogens is 373 g/mol. The molecule has 2 heterocycles. The number of carboxylic acid groups (broad SMARTS) is 1. The molecule has 9 heteroatoms. The number of piperidine rings is 2. The number of nitrogens with zero attached hydrogens (tertiary/aromatic N) is 2. The molecular formula is C18H26FN3O4S. The first-order chi connectivity index (χ1) is 12.8. The van der Waals surface area contributed by atoms with Crippen molar-refractivity contribution >= 4 is 16.2 Å². The molecule has 2 fully saturated rings. The molecule has 0 bridgehead atoms. The maximum absolute atomic E-state index is 13.9. The van der Waals surface area contributed by atoms with Crippen LogP contribution in [-0.4, -0.2) is 60.9 Å². The first-order valence-corrected chi connectivity index (χ1v) is 10.7. The minimum Gasteiger partial charge on any atom is -0.481 e. The highest BCUT2D eigenvalue weighted by atomic mass is 32.2. The van der Waals surface area contributed by atoms with E-state index in [-0.39, 0.29) is 24.9 Å². The highest BCUT2D eigenvalue weighted by Gasteiger charge is 2.33. The summed E-state index contributed by atoms with van der Waals surface area (Å²) < 4.78 is 43.2. The molecule has 0 aromatic heterocycles. The van der Waals surface area contributed by atoms with E-state index < -0.39 is 22.1 Å². The standard InChI is InChI=1S/C18H26FN3O4S/c19-17-6-2-1-4-15(17)12-21-9-3-5-16(13-21)20-27(25,26)22-10-7-14(8-11-22)18(23)24/h1-2,4,6,14,16,20H,3,5,7-13H2,(H,23,24)/t16-/m1/s1. The first-order valence-electron chi connectivity index (χ1n) is 9.31. The Kier molecular flexibility index (Phi) is 6.46. The highest BCUT2D eigenvalue weighted by Crippen LogP contribution is 2.21. The number of hydrogen-bond donors (Lipinski definition) is 2. The molecule has 27 heavy (non-hydrogen) atoms. The van der Waals surface area contributed by atoms with Crippen molar-refractivity contribution in [1.29, 1.82) is 0 Å². The van der Waals surface area contributed by atoms with Gasteiger partial charge < -0.3 is 5.11 Å². The number of carboxylic acids is 1. The third-order valence-electron chi connectivity index (χ3n) is 5.32. The molecule has 0 aliphatic carbocycles. The number of aliphatic carboxylic acids is 1. The van der Waals surface area contributed by atoms with Gasteiger partial charge in [0, 0.05) is 37.8 Å². The summed E-state index contributed by atoms with van der Waals surface area (Å²) in [6, 6.07) is 6.39. The van der Waals surface area contributed by atoms with Crippen molar-refractivity contribution in [1.82, 2.24) is 13.9 Å². The third kappa shape index (κ3) is 5.25. The maximum atomic E-state index is 13.9. The SMILES string of the molecule is O=C(O)C1CCN(S(=O)(=O)N[C@@H]2CCCN(Cc3ccccc3F)C2)CC1. The lowest BCUT2D eigenvalue weighted by Gasteiger charge is -2.35. The summed E-state index contributed by atoms with van der Waals surface area (Å²) >= 11 is 0. The van der Waals surface area contributed by atoms with Gasteiger partial charge >= 0.3 is 5.97 Å². The number of carbonyl (C=O) groups is 1. The summed E-state index contributed by atoms with van der Waals surface area (Å²) in [4.78, 5) is 13.1. The normalized spacial score (nSPS) is 23.4. The molecule has 0 spiro atoms. The van der Waals surface area contributed by atoms with E-state index in [4.69, 9.17) is 5.11 Å². The quantitative estimate of drug-likeness (QED) is 0.755. The summed E-state index contributed by atoms with van der Waals surface area (Å²) in [6.07, 6.45) is 2.24. The van der Waals surface area contributed by atoms with Crippen molar-refractivity contribution in [3.8, 4) is 0 Å². The average Bonchev–Trinajstić information content (AvgIpc) is 2.64. The van der Waals surface area contributed by atoms with Crippen LogP contribution in [0.4, 0.5) is 4.39 Å². The Bertz CT molecular complexity index is 766. The van der Waals surface area contributed by atoms with Gasteiger partial charge in [0.25, 0.3) is 10.2 Å². The predicted octanol–water partition coefficient (Wildman–Crippen LogP) is 1.42. The van der Waals surface area contributed by atoms with Crippen LogP contribution in [0.5, 0.6) is 0 Å². The second-order valence-corrected chi connectivity index (χ2v) is 9.00. The van der Waals surface area contributed by atoms with E-state index in [0.717, 1.165) is 19.4 Å². The van der Waals surface area contributed by atoms with Gasteiger partial charge in [-0.1, -0.05) is 18.2 Å². The van der Waals surface area contributed by atoms with Crippen LogP contribution >= 0.6 is 0 Å². The van der Waals surface area contributed by atoms with Crippen LogP contribution in [0.2, 0.25) is 0 Å². The van der Waals surface area contributed by atoms with Crippen LogP contribution in [0, 0.1) is 11.7 Å². The van der Waals surface area contributed by atoms with Crippen molar-refractivity contribution in [3.63, 3.8) is 0 Å². The van der Waals surface area contributed by atoms with Crippen LogP contribution in [0.25, 0.3) is 0 Å². The summed E-state index contributed by atoms with van der Waals surface area (Å²) in [5.41, 5.74) is 0.608. The molecule has 1 aromatic carbocycles. The van der Waals surface area contributed by atoms with Crippen LogP contribution < -0.4 is 4.72 Å². The number of halogens is 1. The lowest BCUT2D eigenvalue weighted by atomic mass is 9.99. The minimum absolute atomic E-state index is 0.220. The van der Waals surface area contributed by atoms with Crippen molar-refractivity contribution in [2.75, 3.05) is 26.2 Å². The van der Waals surface area contributed by atoms with Crippen LogP contribution in [0.1, 0.15) is 31.2 Å². The van der Waals surface area contributed by atoms with E-state index >= 15 is 0 Å². The minimum atomic E-state index is -3.65. The molecule has 150 valence electrons. The van der Waals surface area contributed by atoms with Gasteiger partial charge in [0.05, 0.1) is 5.92 Å². The lowest BCUT2D eigenvalue weighted by molar-refractivity contribution is -0.142. The molecule has 0 amide bonds. The first kappa shape index (κ1) is 20.2. The van der Waals surface area contributed by atoms with E-state index in [1.54, 1.807) is 18.2 Å². The van der Waals surface area contributed by atoms with Crippen LogP contribution in [-0.2, 0) is 21.5 Å². The Balaban J connectivity index is 1.55. The van der Waals surface area contributed by atoms with Gasteiger partial charge in [-0.2, -0.15) is 17.4 Å². The summed E-state index contributed by atoms with van der Waals surface area (Å²) in [5.74, 6) is -1.58. The van der Waals surface area contributed by atoms with Crippen molar-refractivity contribution in [2.24, 2.45) is 5.92 Å². The van der Waals surface area contributed by atoms with E-state index in [9.17, 15) is 17.6 Å². The van der Waals surface area contributed by atoms with Gasteiger partial charge in [-0.15, -0.1) is 0 Å². The second kappa shape index (κ2) is 8.64. The zero-order valence-electron chi connectivity index (χ0n) is 15.2. The molecule has 2 saturated heterocycles. The van der Waals surface area contributed by atoms with Gasteiger partial charge in [-0.3, -0.25) is 9.69 Å². The fourth-order valence-electron chi connectivity index (χ4n) is 3.79. The Hall–Kier alpha value is -1.55. The van der Waals surface area contributed by atoms with Gasteiger partial charge in [0.1, 0.15) is 5.82 Å². The molecule has 2 aliphatic rings. The number of benzene rings is 1. The number of hydrogen-bond acceptors (Lipinski definition) is 4.